The molecule has 0 fully saturated rings. The van der Waals surface area contributed by atoms with Gasteiger partial charge in [0, 0.05) is 10.0 Å². The molecule has 0 N–H and O–H groups in total. The van der Waals surface area contributed by atoms with Crippen LogP contribution in [-0.4, -0.2) is 17.1 Å². The van der Waals surface area contributed by atoms with Crippen LogP contribution in [0.15, 0.2) is 69.6 Å². The van der Waals surface area contributed by atoms with Crippen molar-refractivity contribution >= 4 is 46.6 Å². The van der Waals surface area contributed by atoms with E-state index in [0.717, 1.165) is 11.1 Å². The Morgan fingerprint density at radius 3 is 2.35 bits per heavy atom. The molecule has 0 spiro atoms. The molecular formula is C23H18Cl2N2O3S. The van der Waals surface area contributed by atoms with E-state index in [2.05, 4.69) is 4.99 Å². The summed E-state index contributed by atoms with van der Waals surface area (Å²) in [6.45, 7) is 3.72. The Balaban J connectivity index is 1.94. The summed E-state index contributed by atoms with van der Waals surface area (Å²) in [5, 5.41) is 1.19. The molecule has 1 aromatic heterocycles. The number of thiazole rings is 1. The van der Waals surface area contributed by atoms with Crippen LogP contribution >= 0.6 is 34.5 Å². The first-order chi connectivity index (χ1) is 14.9. The number of ether oxygens (including phenoxy) is 1. The van der Waals surface area contributed by atoms with Crippen molar-refractivity contribution in [3.05, 3.63) is 101 Å². The molecule has 0 radical (unpaired) electrons. The number of fused-ring (bicyclic) bond motifs is 1. The van der Waals surface area contributed by atoms with Crippen molar-refractivity contribution in [1.82, 2.24) is 4.57 Å². The number of halogens is 2. The fraction of sp³-hybridized carbons (Fsp3) is 0.174. The quantitative estimate of drug-likeness (QED) is 0.536. The van der Waals surface area contributed by atoms with Crippen molar-refractivity contribution in [2.24, 2.45) is 4.99 Å². The first-order valence-electron chi connectivity index (χ1n) is 9.59. The largest absolute Gasteiger partial charge is 0.463 e. The van der Waals surface area contributed by atoms with Gasteiger partial charge in [-0.1, -0.05) is 58.8 Å². The van der Waals surface area contributed by atoms with Crippen LogP contribution < -0.4 is 14.9 Å². The maximum atomic E-state index is 13.4. The Kier molecular flexibility index (Phi) is 6.14. The molecule has 1 aliphatic heterocycles. The van der Waals surface area contributed by atoms with E-state index in [9.17, 15) is 9.59 Å². The van der Waals surface area contributed by atoms with E-state index in [-0.39, 0.29) is 12.2 Å². The van der Waals surface area contributed by atoms with E-state index in [1.807, 2.05) is 12.1 Å². The second-order valence-corrected chi connectivity index (χ2v) is 8.79. The van der Waals surface area contributed by atoms with Crippen LogP contribution in [-0.2, 0) is 9.53 Å². The van der Waals surface area contributed by atoms with Crippen LogP contribution in [0.5, 0.6) is 0 Å². The van der Waals surface area contributed by atoms with Crippen molar-refractivity contribution in [3.63, 3.8) is 0 Å². The topological polar surface area (TPSA) is 60.7 Å². The van der Waals surface area contributed by atoms with E-state index in [0.29, 0.717) is 30.6 Å². The highest BCUT2D eigenvalue weighted by Gasteiger charge is 2.33. The van der Waals surface area contributed by atoms with Crippen molar-refractivity contribution in [1.29, 1.82) is 0 Å². The third-order valence-electron chi connectivity index (χ3n) is 4.87. The van der Waals surface area contributed by atoms with E-state index in [1.165, 1.54) is 11.3 Å². The molecule has 3 aromatic rings. The molecule has 8 heteroatoms. The van der Waals surface area contributed by atoms with Crippen molar-refractivity contribution in [2.45, 2.75) is 19.9 Å². The number of hydrogen-bond donors (Lipinski definition) is 0. The van der Waals surface area contributed by atoms with Gasteiger partial charge in [-0.3, -0.25) is 9.36 Å². The van der Waals surface area contributed by atoms with Crippen LogP contribution in [0.3, 0.4) is 0 Å². The molecule has 0 saturated carbocycles. The van der Waals surface area contributed by atoms with Gasteiger partial charge in [-0.15, -0.1) is 0 Å². The minimum absolute atomic E-state index is 0.226. The molecule has 2 heterocycles. The summed E-state index contributed by atoms with van der Waals surface area (Å²) in [6, 6.07) is 13.6. The standard InChI is InChI=1S/C23H18Cl2N2O3S/c1-3-30-22(29)19-13(2)26-23-27(20(19)15-6-10-17(25)11-7-15)21(28)18(31-23)12-14-4-8-16(24)9-5-14/h4-12,20H,3H2,1-2H3/b18-12+. The second kappa shape index (κ2) is 8.83. The second-order valence-electron chi connectivity index (χ2n) is 6.91. The van der Waals surface area contributed by atoms with Crippen molar-refractivity contribution in [3.8, 4) is 0 Å². The first-order valence-corrected chi connectivity index (χ1v) is 11.2. The molecule has 31 heavy (non-hydrogen) atoms. The predicted molar refractivity (Wildman–Crippen MR) is 123 cm³/mol. The molecule has 5 nitrogen and oxygen atoms in total. The molecule has 0 bridgehead atoms. The SMILES string of the molecule is CCOC(=O)C1=C(C)N=c2s/c(=C/c3ccc(Cl)cc3)c(=O)n2C1c1ccc(Cl)cc1. The number of carbonyl (C=O) groups is 1. The first kappa shape index (κ1) is 21.6. The third-order valence-corrected chi connectivity index (χ3v) is 6.36. The zero-order valence-electron chi connectivity index (χ0n) is 16.8. The minimum Gasteiger partial charge on any atom is -0.463 e. The van der Waals surface area contributed by atoms with E-state index in [4.69, 9.17) is 27.9 Å². The molecule has 4 rings (SSSR count). The molecule has 0 amide bonds. The minimum atomic E-state index is -0.653. The maximum absolute atomic E-state index is 13.4. The van der Waals surface area contributed by atoms with Crippen molar-refractivity contribution < 1.29 is 9.53 Å². The lowest BCUT2D eigenvalue weighted by Crippen LogP contribution is -2.39. The molecule has 158 valence electrons. The Morgan fingerprint density at radius 1 is 1.13 bits per heavy atom. The van der Waals surface area contributed by atoms with Crippen LogP contribution in [0.25, 0.3) is 6.08 Å². The van der Waals surface area contributed by atoms with Gasteiger partial charge in [-0.25, -0.2) is 9.79 Å². The Hall–Kier alpha value is -2.67. The van der Waals surface area contributed by atoms with Crippen LogP contribution in [0.2, 0.25) is 10.0 Å². The maximum Gasteiger partial charge on any atom is 0.338 e. The highest BCUT2D eigenvalue weighted by Crippen LogP contribution is 2.31. The fourth-order valence-corrected chi connectivity index (χ4v) is 4.76. The molecule has 2 aromatic carbocycles. The van der Waals surface area contributed by atoms with E-state index >= 15 is 0 Å². The van der Waals surface area contributed by atoms with Gasteiger partial charge in [0.1, 0.15) is 0 Å². The number of hydrogen-bond acceptors (Lipinski definition) is 5. The van der Waals surface area contributed by atoms with Crippen LogP contribution in [0.4, 0.5) is 0 Å². The Labute approximate surface area is 192 Å². The smallest absolute Gasteiger partial charge is 0.338 e. The lowest BCUT2D eigenvalue weighted by Gasteiger charge is -2.24. The zero-order chi connectivity index (χ0) is 22.1. The fourth-order valence-electron chi connectivity index (χ4n) is 3.46. The van der Waals surface area contributed by atoms with Gasteiger partial charge in [-0.05, 0) is 55.3 Å². The summed E-state index contributed by atoms with van der Waals surface area (Å²) in [7, 11) is 0. The zero-order valence-corrected chi connectivity index (χ0v) is 19.1. The van der Waals surface area contributed by atoms with Gasteiger partial charge in [-0.2, -0.15) is 0 Å². The van der Waals surface area contributed by atoms with Gasteiger partial charge in [0.05, 0.1) is 28.5 Å². The van der Waals surface area contributed by atoms with Crippen LogP contribution in [0.1, 0.15) is 31.0 Å². The van der Waals surface area contributed by atoms with E-state index in [1.54, 1.807) is 60.9 Å². The highest BCUT2D eigenvalue weighted by atomic mass is 35.5. The van der Waals surface area contributed by atoms with Crippen LogP contribution in [0, 0.1) is 0 Å². The number of nitrogens with zero attached hydrogens (tertiary/aromatic N) is 2. The number of allylic oxidation sites excluding steroid dienone is 1. The van der Waals surface area contributed by atoms with Gasteiger partial charge in [0.2, 0.25) is 0 Å². The summed E-state index contributed by atoms with van der Waals surface area (Å²) in [5.74, 6) is -0.490. The molecule has 0 saturated heterocycles. The normalized spacial score (nSPS) is 16.1. The third kappa shape index (κ3) is 4.24. The van der Waals surface area contributed by atoms with Gasteiger partial charge in [0.15, 0.2) is 4.80 Å². The summed E-state index contributed by atoms with van der Waals surface area (Å²) >= 11 is 13.3. The molecule has 1 unspecified atom stereocenters. The lowest BCUT2D eigenvalue weighted by molar-refractivity contribution is -0.139. The lowest BCUT2D eigenvalue weighted by atomic mass is 9.96. The number of aromatic nitrogens is 1. The van der Waals surface area contributed by atoms with E-state index < -0.39 is 12.0 Å². The van der Waals surface area contributed by atoms with Gasteiger partial charge in [0.25, 0.3) is 5.56 Å². The molecule has 1 atom stereocenters. The average molecular weight is 473 g/mol. The number of esters is 1. The molecular weight excluding hydrogens is 455 g/mol. The molecule has 0 aliphatic carbocycles. The number of rotatable bonds is 4. The molecule has 1 aliphatic rings. The Bertz CT molecular complexity index is 1350. The average Bonchev–Trinajstić information content (AvgIpc) is 3.04. The number of carbonyl (C=O) groups excluding carboxylic acids is 1. The Morgan fingerprint density at radius 2 is 1.74 bits per heavy atom. The highest BCUT2D eigenvalue weighted by molar-refractivity contribution is 7.07. The summed E-state index contributed by atoms with van der Waals surface area (Å²) in [6.07, 6.45) is 1.79. The van der Waals surface area contributed by atoms with Gasteiger partial charge >= 0.3 is 5.97 Å². The summed E-state index contributed by atoms with van der Waals surface area (Å²) < 4.78 is 7.34. The van der Waals surface area contributed by atoms with Crippen molar-refractivity contribution in [2.75, 3.05) is 6.61 Å². The summed E-state index contributed by atoms with van der Waals surface area (Å²) in [4.78, 5) is 31.3. The summed E-state index contributed by atoms with van der Waals surface area (Å²) in [5.41, 5.74) is 2.24. The monoisotopic (exact) mass is 472 g/mol. The van der Waals surface area contributed by atoms with Gasteiger partial charge < -0.3 is 4.74 Å². The number of benzene rings is 2. The predicted octanol–water partition coefficient (Wildman–Crippen LogP) is 4.11.